The van der Waals surface area contributed by atoms with Crippen LogP contribution >= 0.6 is 11.8 Å². The van der Waals surface area contributed by atoms with Gasteiger partial charge in [-0.15, -0.1) is 0 Å². The van der Waals surface area contributed by atoms with Crippen LogP contribution in [0.5, 0.6) is 0 Å². The van der Waals surface area contributed by atoms with E-state index in [1.807, 2.05) is 0 Å². The van der Waals surface area contributed by atoms with Gasteiger partial charge in [0.1, 0.15) is 17.3 Å². The first-order valence-electron chi connectivity index (χ1n) is 4.28. The Bertz CT molecular complexity index is 91.1. The van der Waals surface area contributed by atoms with Crippen molar-refractivity contribution < 1.29 is 10.2 Å². The Kier molecular flexibility index (Phi) is 10.2. The Morgan fingerprint density at radius 3 is 2.33 bits per heavy atom. The van der Waals surface area contributed by atoms with Gasteiger partial charge in [-0.3, -0.25) is 0 Å². The Balaban J connectivity index is 3.19. The van der Waals surface area contributed by atoms with Crippen molar-refractivity contribution in [3.05, 3.63) is 0 Å². The first-order chi connectivity index (χ1) is 5.85. The van der Waals surface area contributed by atoms with E-state index in [9.17, 15) is 0 Å². The van der Waals surface area contributed by atoms with Gasteiger partial charge in [-0.05, 0) is 17.8 Å². The van der Waals surface area contributed by atoms with Gasteiger partial charge >= 0.3 is 0 Å². The predicted octanol–water partition coefficient (Wildman–Crippen LogP) is 0.342. The summed E-state index contributed by atoms with van der Waals surface area (Å²) < 4.78 is 0. The van der Waals surface area contributed by atoms with Crippen molar-refractivity contribution in [2.45, 2.75) is 6.92 Å². The highest BCUT2D eigenvalue weighted by Crippen LogP contribution is 2.03. The minimum absolute atomic E-state index is 0.282. The maximum absolute atomic E-state index is 8.73. The first-order valence-corrected chi connectivity index (χ1v) is 7.17. The molecule has 0 aliphatic heterocycles. The van der Waals surface area contributed by atoms with Crippen LogP contribution in [0.25, 0.3) is 0 Å². The molecule has 74 valence electrons. The molecule has 0 aliphatic rings. The summed E-state index contributed by atoms with van der Waals surface area (Å²) in [5.41, 5.74) is 0. The SMILES string of the molecule is CC[S+](CCO)CCSCCO. The number of hydrogen-bond donors (Lipinski definition) is 2. The van der Waals surface area contributed by atoms with E-state index < -0.39 is 0 Å². The molecule has 2 nitrogen and oxygen atoms in total. The Labute approximate surface area is 82.1 Å². The van der Waals surface area contributed by atoms with E-state index in [-0.39, 0.29) is 6.61 Å². The van der Waals surface area contributed by atoms with Crippen LogP contribution in [-0.4, -0.2) is 52.2 Å². The second-order valence-electron chi connectivity index (χ2n) is 2.37. The largest absolute Gasteiger partial charge is 0.396 e. The summed E-state index contributed by atoms with van der Waals surface area (Å²) >= 11 is 1.80. The molecule has 0 saturated carbocycles. The fraction of sp³-hybridized carbons (Fsp3) is 1.00. The van der Waals surface area contributed by atoms with E-state index in [1.54, 1.807) is 11.8 Å². The predicted molar refractivity (Wildman–Crippen MR) is 59.1 cm³/mol. The molecule has 0 bridgehead atoms. The van der Waals surface area contributed by atoms with Crippen LogP contribution in [0.4, 0.5) is 0 Å². The molecular formula is C8H19O2S2+. The maximum Gasteiger partial charge on any atom is 0.131 e. The van der Waals surface area contributed by atoms with Crippen LogP contribution in [0.15, 0.2) is 0 Å². The molecule has 0 aliphatic carbocycles. The molecular weight excluding hydrogens is 192 g/mol. The van der Waals surface area contributed by atoms with E-state index in [4.69, 9.17) is 10.2 Å². The third-order valence-corrected chi connectivity index (χ3v) is 5.12. The number of thioether (sulfide) groups is 1. The Morgan fingerprint density at radius 2 is 1.83 bits per heavy atom. The standard InChI is InChI=1S/C8H19O2S2/c1-2-12(7-4-10)8-6-11-5-3-9/h9-10H,2-8H2,1H3/q+1. The highest BCUT2D eigenvalue weighted by Gasteiger charge is 2.13. The normalized spacial score (nSPS) is 13.2. The monoisotopic (exact) mass is 211 g/mol. The lowest BCUT2D eigenvalue weighted by Gasteiger charge is -2.03. The van der Waals surface area contributed by atoms with Gasteiger partial charge in [0, 0.05) is 11.5 Å². The van der Waals surface area contributed by atoms with Crippen molar-refractivity contribution in [3.8, 4) is 0 Å². The van der Waals surface area contributed by atoms with E-state index in [0.717, 1.165) is 17.3 Å². The van der Waals surface area contributed by atoms with Crippen LogP contribution in [0.3, 0.4) is 0 Å². The van der Waals surface area contributed by atoms with Gasteiger partial charge < -0.3 is 10.2 Å². The van der Waals surface area contributed by atoms with Gasteiger partial charge in [0.2, 0.25) is 0 Å². The summed E-state index contributed by atoms with van der Waals surface area (Å²) in [5, 5.41) is 17.3. The molecule has 0 heterocycles. The lowest BCUT2D eigenvalue weighted by Crippen LogP contribution is -2.18. The molecule has 0 aromatic heterocycles. The van der Waals surface area contributed by atoms with Crippen molar-refractivity contribution >= 4 is 22.7 Å². The molecule has 0 radical (unpaired) electrons. The second-order valence-corrected chi connectivity index (χ2v) is 6.21. The van der Waals surface area contributed by atoms with Gasteiger partial charge in [-0.25, -0.2) is 0 Å². The van der Waals surface area contributed by atoms with Crippen molar-refractivity contribution in [1.29, 1.82) is 0 Å². The third kappa shape index (κ3) is 7.28. The van der Waals surface area contributed by atoms with E-state index in [2.05, 4.69) is 6.92 Å². The molecule has 12 heavy (non-hydrogen) atoms. The fourth-order valence-corrected chi connectivity index (χ4v) is 3.65. The molecule has 0 aromatic rings. The highest BCUT2D eigenvalue weighted by molar-refractivity contribution is 8.01. The first kappa shape index (κ1) is 12.6. The van der Waals surface area contributed by atoms with Gasteiger partial charge in [-0.2, -0.15) is 11.8 Å². The summed E-state index contributed by atoms with van der Waals surface area (Å²) in [6, 6.07) is 0. The van der Waals surface area contributed by atoms with Crippen LogP contribution < -0.4 is 0 Å². The fourth-order valence-electron chi connectivity index (χ4n) is 0.863. The molecule has 0 spiro atoms. The van der Waals surface area contributed by atoms with Crippen LogP contribution in [-0.2, 0) is 10.9 Å². The summed E-state index contributed by atoms with van der Waals surface area (Å²) in [4.78, 5) is 0. The van der Waals surface area contributed by atoms with Crippen LogP contribution in [0.2, 0.25) is 0 Å². The number of aliphatic hydroxyl groups is 2. The van der Waals surface area contributed by atoms with E-state index >= 15 is 0 Å². The zero-order valence-corrected chi connectivity index (χ0v) is 9.29. The van der Waals surface area contributed by atoms with Crippen molar-refractivity contribution in [3.63, 3.8) is 0 Å². The second kappa shape index (κ2) is 9.71. The topological polar surface area (TPSA) is 40.5 Å². The number of hydrogen-bond acceptors (Lipinski definition) is 3. The zero-order chi connectivity index (χ0) is 9.23. The minimum Gasteiger partial charge on any atom is -0.396 e. The quantitative estimate of drug-likeness (QED) is 0.449. The number of aliphatic hydroxyl groups excluding tert-OH is 2. The molecule has 0 aromatic carbocycles. The molecule has 0 saturated heterocycles. The molecule has 0 amide bonds. The van der Waals surface area contributed by atoms with Crippen molar-refractivity contribution in [2.75, 3.05) is 42.0 Å². The van der Waals surface area contributed by atoms with Crippen molar-refractivity contribution in [1.82, 2.24) is 0 Å². The molecule has 4 heteroatoms. The number of rotatable bonds is 8. The molecule has 1 unspecified atom stereocenters. The van der Waals surface area contributed by atoms with Gasteiger partial charge in [0.25, 0.3) is 0 Å². The van der Waals surface area contributed by atoms with Crippen LogP contribution in [0, 0.1) is 0 Å². The summed E-state index contributed by atoms with van der Waals surface area (Å²) in [6.45, 7) is 2.78. The Morgan fingerprint density at radius 1 is 1.08 bits per heavy atom. The molecule has 1 atom stereocenters. The lowest BCUT2D eigenvalue weighted by atomic mass is 10.9. The minimum atomic E-state index is 0.282. The lowest BCUT2D eigenvalue weighted by molar-refractivity contribution is 0.321. The average molecular weight is 211 g/mol. The summed E-state index contributed by atoms with van der Waals surface area (Å²) in [5.74, 6) is 5.30. The molecule has 0 fully saturated rings. The summed E-state index contributed by atoms with van der Waals surface area (Å²) in [7, 11) is 0.413. The highest BCUT2D eigenvalue weighted by atomic mass is 32.2. The summed E-state index contributed by atoms with van der Waals surface area (Å²) in [6.07, 6.45) is 0. The van der Waals surface area contributed by atoms with Crippen molar-refractivity contribution in [2.24, 2.45) is 0 Å². The third-order valence-electron chi connectivity index (χ3n) is 1.54. The zero-order valence-electron chi connectivity index (χ0n) is 7.66. The van der Waals surface area contributed by atoms with Crippen LogP contribution in [0.1, 0.15) is 6.92 Å². The smallest absolute Gasteiger partial charge is 0.131 e. The molecule has 2 N–H and O–H groups in total. The maximum atomic E-state index is 8.73. The van der Waals surface area contributed by atoms with Gasteiger partial charge in [0.15, 0.2) is 0 Å². The van der Waals surface area contributed by atoms with Gasteiger partial charge in [0.05, 0.1) is 13.2 Å². The molecule has 0 rings (SSSR count). The Hall–Kier alpha value is 0.620. The van der Waals surface area contributed by atoms with E-state index in [1.165, 1.54) is 11.5 Å². The van der Waals surface area contributed by atoms with Gasteiger partial charge in [-0.1, -0.05) is 0 Å². The average Bonchev–Trinajstić information content (AvgIpc) is 2.10. The van der Waals surface area contributed by atoms with E-state index in [0.29, 0.717) is 17.5 Å².